The first-order valence-corrected chi connectivity index (χ1v) is 11.2. The summed E-state index contributed by atoms with van der Waals surface area (Å²) in [7, 11) is 0. The van der Waals surface area contributed by atoms with Crippen LogP contribution in [0.2, 0.25) is 0 Å². The minimum atomic E-state index is 1.30. The second kappa shape index (κ2) is 5.75. The van der Waals surface area contributed by atoms with Crippen LogP contribution in [-0.4, -0.2) is 0 Å². The van der Waals surface area contributed by atoms with Gasteiger partial charge in [-0.05, 0) is 112 Å². The van der Waals surface area contributed by atoms with Crippen LogP contribution < -0.4 is 0 Å². The van der Waals surface area contributed by atoms with E-state index in [1.807, 2.05) is 0 Å². The van der Waals surface area contributed by atoms with Crippen LogP contribution in [0.3, 0.4) is 0 Å². The zero-order chi connectivity index (χ0) is 20.8. The maximum absolute atomic E-state index is 2.39. The highest BCUT2D eigenvalue weighted by molar-refractivity contribution is 6.26. The Morgan fingerprint density at radius 2 is 0.625 bits per heavy atom. The maximum Gasteiger partial charge on any atom is -0.00324 e. The molecule has 0 spiro atoms. The highest BCUT2D eigenvalue weighted by Gasteiger charge is 2.11. The van der Waals surface area contributed by atoms with E-state index in [9.17, 15) is 0 Å². The molecule has 0 saturated carbocycles. The van der Waals surface area contributed by atoms with E-state index in [-0.39, 0.29) is 0 Å². The Labute approximate surface area is 184 Å². The zero-order valence-corrected chi connectivity index (χ0v) is 17.4. The fraction of sp³-hybridized carbons (Fsp3) is 0. The summed E-state index contributed by atoms with van der Waals surface area (Å²) in [6, 6.07) is 40.8. The van der Waals surface area contributed by atoms with Gasteiger partial charge in [-0.1, -0.05) is 72.8 Å². The van der Waals surface area contributed by atoms with Crippen LogP contribution >= 0.6 is 0 Å². The molecule has 0 heterocycles. The minimum Gasteiger partial charge on any atom is -0.0610 e. The third kappa shape index (κ3) is 2.07. The Morgan fingerprint density at radius 3 is 1.09 bits per heavy atom. The third-order valence-corrected chi connectivity index (χ3v) is 7.25. The van der Waals surface area contributed by atoms with Gasteiger partial charge in [0.05, 0.1) is 0 Å². The van der Waals surface area contributed by atoms with E-state index < -0.39 is 0 Å². The molecule has 0 atom stereocenters. The Hall–Kier alpha value is -4.16. The molecule has 0 unspecified atom stereocenters. The van der Waals surface area contributed by atoms with Crippen molar-refractivity contribution in [1.82, 2.24) is 0 Å². The predicted octanol–water partition coefficient (Wildman–Crippen LogP) is 9.20. The van der Waals surface area contributed by atoms with Gasteiger partial charge < -0.3 is 0 Å². The monoisotopic (exact) mass is 402 g/mol. The van der Waals surface area contributed by atoms with Crippen LogP contribution in [-0.2, 0) is 0 Å². The summed E-state index contributed by atoms with van der Waals surface area (Å²) >= 11 is 0. The minimum absolute atomic E-state index is 1.30. The number of hydrogen-bond donors (Lipinski definition) is 0. The van der Waals surface area contributed by atoms with Gasteiger partial charge in [-0.25, -0.2) is 0 Å². The van der Waals surface area contributed by atoms with Gasteiger partial charge in [0.1, 0.15) is 0 Å². The van der Waals surface area contributed by atoms with Crippen molar-refractivity contribution in [3.63, 3.8) is 0 Å². The van der Waals surface area contributed by atoms with Gasteiger partial charge in [0, 0.05) is 0 Å². The first-order valence-electron chi connectivity index (χ1n) is 11.2. The molecule has 8 aromatic rings. The van der Waals surface area contributed by atoms with Crippen molar-refractivity contribution in [1.29, 1.82) is 0 Å². The van der Waals surface area contributed by atoms with E-state index >= 15 is 0 Å². The summed E-state index contributed by atoms with van der Waals surface area (Å²) in [5.41, 5.74) is 0. The SMILES string of the molecule is c1cc2cccc3c4cc5cc6cc7cccc8cccc(c6cc5cc4cc(c1)c23)c87. The molecule has 0 fully saturated rings. The van der Waals surface area contributed by atoms with Gasteiger partial charge in [-0.15, -0.1) is 0 Å². The van der Waals surface area contributed by atoms with Crippen LogP contribution in [0.1, 0.15) is 0 Å². The van der Waals surface area contributed by atoms with Crippen LogP contribution in [0, 0.1) is 0 Å². The average molecular weight is 402 g/mol. The summed E-state index contributed by atoms with van der Waals surface area (Å²) in [5.74, 6) is 0. The van der Waals surface area contributed by atoms with E-state index in [0.29, 0.717) is 0 Å². The fourth-order valence-corrected chi connectivity index (χ4v) is 5.85. The van der Waals surface area contributed by atoms with Crippen LogP contribution in [0.15, 0.2) is 109 Å². The number of benzene rings is 8. The Morgan fingerprint density at radius 1 is 0.250 bits per heavy atom. The molecule has 0 aromatic heterocycles. The van der Waals surface area contributed by atoms with Crippen molar-refractivity contribution >= 4 is 75.4 Å². The smallest absolute Gasteiger partial charge is 0.00324 e. The summed E-state index contributed by atoms with van der Waals surface area (Å²) in [6.07, 6.45) is 0. The molecule has 0 saturated heterocycles. The second-order valence-electron chi connectivity index (χ2n) is 9.02. The normalized spacial score (nSPS) is 12.4. The number of rotatable bonds is 0. The van der Waals surface area contributed by atoms with E-state index in [4.69, 9.17) is 0 Å². The molecule has 0 aliphatic heterocycles. The highest BCUT2D eigenvalue weighted by Crippen LogP contribution is 2.39. The van der Waals surface area contributed by atoms with Gasteiger partial charge >= 0.3 is 0 Å². The van der Waals surface area contributed by atoms with Gasteiger partial charge in [-0.3, -0.25) is 0 Å². The van der Waals surface area contributed by atoms with Gasteiger partial charge in [-0.2, -0.15) is 0 Å². The first-order chi connectivity index (χ1) is 15.8. The quantitative estimate of drug-likeness (QED) is 0.175. The molecule has 0 amide bonds. The fourth-order valence-electron chi connectivity index (χ4n) is 5.85. The molecule has 0 aliphatic rings. The molecule has 0 heteroatoms. The van der Waals surface area contributed by atoms with E-state index in [1.165, 1.54) is 75.4 Å². The molecule has 0 aliphatic carbocycles. The summed E-state index contributed by atoms with van der Waals surface area (Å²) < 4.78 is 0. The zero-order valence-electron chi connectivity index (χ0n) is 17.4. The topological polar surface area (TPSA) is 0 Å². The van der Waals surface area contributed by atoms with Crippen molar-refractivity contribution in [2.75, 3.05) is 0 Å². The molecule has 32 heavy (non-hydrogen) atoms. The van der Waals surface area contributed by atoms with E-state index in [1.54, 1.807) is 0 Å². The Balaban J connectivity index is 1.57. The first kappa shape index (κ1) is 16.5. The molecule has 0 nitrogen and oxygen atoms in total. The lowest BCUT2D eigenvalue weighted by Gasteiger charge is -2.13. The number of hydrogen-bond acceptors (Lipinski definition) is 0. The van der Waals surface area contributed by atoms with Crippen molar-refractivity contribution in [3.8, 4) is 0 Å². The maximum atomic E-state index is 2.39. The third-order valence-electron chi connectivity index (χ3n) is 7.25. The summed E-state index contributed by atoms with van der Waals surface area (Å²) in [5, 5.41) is 18.6. The molecule has 146 valence electrons. The van der Waals surface area contributed by atoms with E-state index in [0.717, 1.165) is 0 Å². The highest BCUT2D eigenvalue weighted by atomic mass is 14.1. The van der Waals surface area contributed by atoms with Crippen LogP contribution in [0.25, 0.3) is 75.4 Å². The molecule has 8 rings (SSSR count). The molecular weight excluding hydrogens is 384 g/mol. The molecular formula is C32H18. The Kier molecular flexibility index (Phi) is 2.97. The average Bonchev–Trinajstić information content (AvgIpc) is 2.83. The van der Waals surface area contributed by atoms with E-state index in [2.05, 4.69) is 109 Å². The van der Waals surface area contributed by atoms with Gasteiger partial charge in [0.15, 0.2) is 0 Å². The van der Waals surface area contributed by atoms with Crippen molar-refractivity contribution < 1.29 is 0 Å². The van der Waals surface area contributed by atoms with Crippen LogP contribution in [0.4, 0.5) is 0 Å². The summed E-state index contributed by atoms with van der Waals surface area (Å²) in [4.78, 5) is 0. The van der Waals surface area contributed by atoms with Gasteiger partial charge in [0.2, 0.25) is 0 Å². The molecule has 0 radical (unpaired) electrons. The van der Waals surface area contributed by atoms with Crippen molar-refractivity contribution in [2.45, 2.75) is 0 Å². The standard InChI is InChI=1S/C32H18/c1-5-19-7-3-11-27-29-17-24-16-26-14-22-10-2-6-20-8-4-12-28(32(20)22)30(26)18-23(24)15-25(29)13-21(9-1)31(19)27/h1-18H. The largest absolute Gasteiger partial charge is 0.0610 e. The van der Waals surface area contributed by atoms with Crippen molar-refractivity contribution in [2.24, 2.45) is 0 Å². The van der Waals surface area contributed by atoms with Gasteiger partial charge in [0.25, 0.3) is 0 Å². The number of fused-ring (bicyclic) bond motifs is 5. The lowest BCUT2D eigenvalue weighted by atomic mass is 9.91. The van der Waals surface area contributed by atoms with Crippen LogP contribution in [0.5, 0.6) is 0 Å². The summed E-state index contributed by atoms with van der Waals surface area (Å²) in [6.45, 7) is 0. The second-order valence-corrected chi connectivity index (χ2v) is 9.02. The lowest BCUT2D eigenvalue weighted by Crippen LogP contribution is -1.85. The Bertz CT molecular complexity index is 1870. The predicted molar refractivity (Wildman–Crippen MR) is 140 cm³/mol. The molecule has 8 aromatic carbocycles. The molecule has 0 N–H and O–H groups in total. The van der Waals surface area contributed by atoms with Crippen molar-refractivity contribution in [3.05, 3.63) is 109 Å². The molecule has 0 bridgehead atoms. The lowest BCUT2D eigenvalue weighted by molar-refractivity contribution is 1.79.